The van der Waals surface area contributed by atoms with Gasteiger partial charge in [0.05, 0.1) is 6.42 Å². The van der Waals surface area contributed by atoms with Crippen LogP contribution in [0.3, 0.4) is 0 Å². The van der Waals surface area contributed by atoms with E-state index in [2.05, 4.69) is 24.3 Å². The van der Waals surface area contributed by atoms with Crippen LogP contribution in [0.25, 0.3) is 11.1 Å². The Morgan fingerprint density at radius 1 is 0.926 bits per heavy atom. The molecule has 4 nitrogen and oxygen atoms in total. The lowest BCUT2D eigenvalue weighted by atomic mass is 10.0. The van der Waals surface area contributed by atoms with E-state index in [1.165, 1.54) is 5.56 Å². The lowest BCUT2D eigenvalue weighted by molar-refractivity contribution is -0.137. The van der Waals surface area contributed by atoms with Gasteiger partial charge in [-0.2, -0.15) is 0 Å². The molecule has 0 N–H and O–H groups in total. The Morgan fingerprint density at radius 3 is 2.37 bits per heavy atom. The highest BCUT2D eigenvalue weighted by molar-refractivity contribution is 5.80. The maximum Gasteiger partial charge on any atom is 0.227 e. The van der Waals surface area contributed by atoms with Crippen LogP contribution in [0.15, 0.2) is 54.6 Å². The first-order valence-corrected chi connectivity index (χ1v) is 9.92. The van der Waals surface area contributed by atoms with Gasteiger partial charge in [0.1, 0.15) is 0 Å². The van der Waals surface area contributed by atoms with Gasteiger partial charge in [0.15, 0.2) is 0 Å². The van der Waals surface area contributed by atoms with Crippen molar-refractivity contribution in [2.45, 2.75) is 38.1 Å². The maximum atomic E-state index is 12.8. The number of benzene rings is 2. The lowest BCUT2D eigenvalue weighted by Gasteiger charge is -2.37. The summed E-state index contributed by atoms with van der Waals surface area (Å²) in [5, 5.41) is 0. The summed E-state index contributed by atoms with van der Waals surface area (Å²) in [6.45, 7) is 2.35. The molecule has 0 aliphatic carbocycles. The van der Waals surface area contributed by atoms with Crippen LogP contribution in [-0.4, -0.2) is 47.3 Å². The molecule has 27 heavy (non-hydrogen) atoms. The summed E-state index contributed by atoms with van der Waals surface area (Å²) in [6, 6.07) is 18.7. The van der Waals surface area contributed by atoms with Crippen LogP contribution >= 0.6 is 0 Å². The number of likely N-dealkylation sites (tertiary alicyclic amines) is 2. The van der Waals surface area contributed by atoms with E-state index >= 15 is 0 Å². The topological polar surface area (TPSA) is 40.6 Å². The molecule has 140 valence electrons. The van der Waals surface area contributed by atoms with Crippen LogP contribution in [-0.2, 0) is 16.0 Å². The number of hydrogen-bond donors (Lipinski definition) is 0. The molecular formula is C23H26N2O2. The van der Waals surface area contributed by atoms with Gasteiger partial charge >= 0.3 is 0 Å². The van der Waals surface area contributed by atoms with E-state index < -0.39 is 0 Å². The SMILES string of the molecule is O=C(Cc1ccc(-c2ccccc2)cc1)N1CCC[C@@H](N2CCCC2=O)C1. The van der Waals surface area contributed by atoms with Gasteiger partial charge in [0.2, 0.25) is 11.8 Å². The normalized spacial score (nSPS) is 20.1. The van der Waals surface area contributed by atoms with Crippen molar-refractivity contribution in [3.8, 4) is 11.1 Å². The summed E-state index contributed by atoms with van der Waals surface area (Å²) in [4.78, 5) is 28.7. The molecule has 0 bridgehead atoms. The second kappa shape index (κ2) is 7.95. The first-order chi connectivity index (χ1) is 13.2. The minimum Gasteiger partial charge on any atom is -0.340 e. The van der Waals surface area contributed by atoms with Crippen LogP contribution in [0.1, 0.15) is 31.2 Å². The largest absolute Gasteiger partial charge is 0.340 e. The zero-order valence-electron chi connectivity index (χ0n) is 15.6. The van der Waals surface area contributed by atoms with E-state index in [0.717, 1.165) is 43.5 Å². The molecule has 1 atom stereocenters. The van der Waals surface area contributed by atoms with Crippen LogP contribution in [0.5, 0.6) is 0 Å². The summed E-state index contributed by atoms with van der Waals surface area (Å²) < 4.78 is 0. The number of amides is 2. The fourth-order valence-corrected chi connectivity index (χ4v) is 4.22. The Labute approximate surface area is 160 Å². The molecule has 0 radical (unpaired) electrons. The van der Waals surface area contributed by atoms with Gasteiger partial charge in [-0.1, -0.05) is 54.6 Å². The van der Waals surface area contributed by atoms with Gasteiger partial charge in [-0.15, -0.1) is 0 Å². The van der Waals surface area contributed by atoms with Gasteiger partial charge in [-0.25, -0.2) is 0 Å². The highest BCUT2D eigenvalue weighted by Crippen LogP contribution is 2.23. The van der Waals surface area contributed by atoms with Gasteiger partial charge in [0, 0.05) is 32.1 Å². The number of piperidine rings is 1. The molecule has 2 aliphatic rings. The van der Waals surface area contributed by atoms with E-state index in [1.807, 2.05) is 40.1 Å². The predicted octanol–water partition coefficient (Wildman–Crippen LogP) is 3.51. The van der Waals surface area contributed by atoms with E-state index in [9.17, 15) is 9.59 Å². The minimum absolute atomic E-state index is 0.166. The molecule has 2 heterocycles. The quantitative estimate of drug-likeness (QED) is 0.835. The van der Waals surface area contributed by atoms with E-state index in [-0.39, 0.29) is 17.9 Å². The third-order valence-electron chi connectivity index (χ3n) is 5.72. The van der Waals surface area contributed by atoms with Crippen molar-refractivity contribution in [1.82, 2.24) is 9.80 Å². The van der Waals surface area contributed by atoms with Crippen LogP contribution in [0.2, 0.25) is 0 Å². The highest BCUT2D eigenvalue weighted by atomic mass is 16.2. The standard InChI is InChI=1S/C23H26N2O2/c26-22-9-5-15-25(22)21-8-4-14-24(17-21)23(27)16-18-10-12-20(13-11-18)19-6-2-1-3-7-19/h1-3,6-7,10-13,21H,4-5,8-9,14-17H2/t21-/m1/s1. The molecule has 2 fully saturated rings. The van der Waals surface area contributed by atoms with Crippen molar-refractivity contribution in [2.24, 2.45) is 0 Å². The molecule has 2 aliphatic heterocycles. The molecule has 2 amide bonds. The second-order valence-electron chi connectivity index (χ2n) is 7.57. The molecule has 0 saturated carbocycles. The Bertz CT molecular complexity index is 801. The average Bonchev–Trinajstić information content (AvgIpc) is 3.15. The van der Waals surface area contributed by atoms with Gasteiger partial charge < -0.3 is 9.80 Å². The van der Waals surface area contributed by atoms with E-state index in [0.29, 0.717) is 19.4 Å². The molecule has 0 aromatic heterocycles. The van der Waals surface area contributed by atoms with Gasteiger partial charge in [-0.3, -0.25) is 9.59 Å². The molecule has 4 heteroatoms. The fraction of sp³-hybridized carbons (Fsp3) is 0.391. The summed E-state index contributed by atoms with van der Waals surface area (Å²) >= 11 is 0. The molecule has 0 spiro atoms. The number of carbonyl (C=O) groups is 2. The van der Waals surface area contributed by atoms with Gasteiger partial charge in [0.25, 0.3) is 0 Å². The minimum atomic E-state index is 0.166. The summed E-state index contributed by atoms with van der Waals surface area (Å²) in [5.41, 5.74) is 3.39. The third kappa shape index (κ3) is 4.05. The van der Waals surface area contributed by atoms with Crippen molar-refractivity contribution in [3.63, 3.8) is 0 Å². The van der Waals surface area contributed by atoms with Gasteiger partial charge in [-0.05, 0) is 36.0 Å². The van der Waals surface area contributed by atoms with Crippen molar-refractivity contribution < 1.29 is 9.59 Å². The summed E-state index contributed by atoms with van der Waals surface area (Å²) in [7, 11) is 0. The van der Waals surface area contributed by atoms with Crippen molar-refractivity contribution in [3.05, 3.63) is 60.2 Å². The van der Waals surface area contributed by atoms with Crippen LogP contribution in [0.4, 0.5) is 0 Å². The van der Waals surface area contributed by atoms with E-state index in [4.69, 9.17) is 0 Å². The molecular weight excluding hydrogens is 336 g/mol. The molecule has 2 aromatic carbocycles. The lowest BCUT2D eigenvalue weighted by Crippen LogP contribution is -2.50. The molecule has 2 saturated heterocycles. The first-order valence-electron chi connectivity index (χ1n) is 9.92. The Balaban J connectivity index is 1.37. The third-order valence-corrected chi connectivity index (χ3v) is 5.72. The zero-order chi connectivity index (χ0) is 18.6. The highest BCUT2D eigenvalue weighted by Gasteiger charge is 2.32. The smallest absolute Gasteiger partial charge is 0.227 e. The maximum absolute atomic E-state index is 12.8. The molecule has 2 aromatic rings. The predicted molar refractivity (Wildman–Crippen MR) is 106 cm³/mol. The fourth-order valence-electron chi connectivity index (χ4n) is 4.22. The second-order valence-corrected chi connectivity index (χ2v) is 7.57. The summed E-state index contributed by atoms with van der Waals surface area (Å²) in [6.07, 6.45) is 4.04. The number of rotatable bonds is 4. The number of carbonyl (C=O) groups excluding carboxylic acids is 2. The van der Waals surface area contributed by atoms with Crippen molar-refractivity contribution in [2.75, 3.05) is 19.6 Å². The van der Waals surface area contributed by atoms with E-state index in [1.54, 1.807) is 0 Å². The van der Waals surface area contributed by atoms with Crippen molar-refractivity contribution in [1.29, 1.82) is 0 Å². The Morgan fingerprint density at radius 2 is 1.67 bits per heavy atom. The number of hydrogen-bond acceptors (Lipinski definition) is 2. The Hall–Kier alpha value is -2.62. The number of nitrogens with zero attached hydrogens (tertiary/aromatic N) is 2. The summed E-state index contributed by atoms with van der Waals surface area (Å²) in [5.74, 6) is 0.421. The van der Waals surface area contributed by atoms with Crippen LogP contribution in [0, 0.1) is 0 Å². The zero-order valence-corrected chi connectivity index (χ0v) is 15.6. The van der Waals surface area contributed by atoms with Crippen molar-refractivity contribution >= 4 is 11.8 Å². The first kappa shape index (κ1) is 17.8. The monoisotopic (exact) mass is 362 g/mol. The molecule has 0 unspecified atom stereocenters. The Kier molecular flexibility index (Phi) is 5.23. The van der Waals surface area contributed by atoms with Crippen LogP contribution < -0.4 is 0 Å². The average molecular weight is 362 g/mol. The molecule has 4 rings (SSSR count).